The molecule has 1 aliphatic rings. The van der Waals surface area contributed by atoms with Crippen molar-refractivity contribution in [2.75, 3.05) is 6.61 Å². The minimum atomic E-state index is 0.336. The average Bonchev–Trinajstić information content (AvgIpc) is 2.15. The van der Waals surface area contributed by atoms with Gasteiger partial charge in [-0.25, -0.2) is 0 Å². The zero-order valence-electron chi connectivity index (χ0n) is 6.15. The molecule has 0 amide bonds. The van der Waals surface area contributed by atoms with Crippen LogP contribution in [0.25, 0.3) is 0 Å². The molecule has 1 nitrogen and oxygen atoms in total. The van der Waals surface area contributed by atoms with Crippen LogP contribution >= 0.6 is 0 Å². The monoisotopic (exact) mass is 126 g/mol. The molecule has 0 heterocycles. The Morgan fingerprint density at radius 1 is 1.56 bits per heavy atom. The van der Waals surface area contributed by atoms with E-state index in [1.54, 1.807) is 0 Å². The summed E-state index contributed by atoms with van der Waals surface area (Å²) in [6.45, 7) is 4.62. The van der Waals surface area contributed by atoms with Crippen molar-refractivity contribution in [1.29, 1.82) is 0 Å². The fourth-order valence-electron chi connectivity index (χ4n) is 1.38. The summed E-state index contributed by atoms with van der Waals surface area (Å²) in [5.41, 5.74) is 2.89. The molecule has 0 aromatic rings. The van der Waals surface area contributed by atoms with E-state index in [4.69, 9.17) is 5.11 Å². The summed E-state index contributed by atoms with van der Waals surface area (Å²) in [5.74, 6) is 0.477. The van der Waals surface area contributed by atoms with E-state index >= 15 is 0 Å². The van der Waals surface area contributed by atoms with Crippen LogP contribution < -0.4 is 0 Å². The van der Waals surface area contributed by atoms with Gasteiger partial charge in [0.05, 0.1) is 0 Å². The number of hydrogen-bond donors (Lipinski definition) is 1. The van der Waals surface area contributed by atoms with E-state index in [0.717, 1.165) is 6.42 Å². The van der Waals surface area contributed by atoms with Crippen LogP contribution in [0.2, 0.25) is 0 Å². The van der Waals surface area contributed by atoms with Crippen molar-refractivity contribution < 1.29 is 5.11 Å². The summed E-state index contributed by atoms with van der Waals surface area (Å²) in [4.78, 5) is 0. The molecule has 1 aliphatic carbocycles. The van der Waals surface area contributed by atoms with Crippen LogP contribution in [-0.2, 0) is 0 Å². The number of rotatable bonds is 1. The van der Waals surface area contributed by atoms with Gasteiger partial charge in [0.15, 0.2) is 0 Å². The average molecular weight is 126 g/mol. The molecule has 9 heavy (non-hydrogen) atoms. The lowest BCUT2D eigenvalue weighted by Gasteiger charge is -2.05. The Balaban J connectivity index is 2.63. The smallest absolute Gasteiger partial charge is 0.0496 e. The second-order valence-electron chi connectivity index (χ2n) is 2.88. The van der Waals surface area contributed by atoms with Crippen molar-refractivity contribution in [3.8, 4) is 0 Å². The van der Waals surface area contributed by atoms with Crippen molar-refractivity contribution in [2.24, 2.45) is 5.92 Å². The third kappa shape index (κ3) is 1.16. The van der Waals surface area contributed by atoms with Crippen LogP contribution in [0.1, 0.15) is 26.7 Å². The quantitative estimate of drug-likeness (QED) is 0.530. The van der Waals surface area contributed by atoms with Crippen molar-refractivity contribution in [1.82, 2.24) is 0 Å². The van der Waals surface area contributed by atoms with Crippen molar-refractivity contribution in [3.05, 3.63) is 11.1 Å². The van der Waals surface area contributed by atoms with Gasteiger partial charge in [-0.05, 0) is 26.7 Å². The van der Waals surface area contributed by atoms with E-state index in [-0.39, 0.29) is 0 Å². The van der Waals surface area contributed by atoms with E-state index in [1.807, 2.05) is 0 Å². The van der Waals surface area contributed by atoms with Gasteiger partial charge in [0.2, 0.25) is 0 Å². The van der Waals surface area contributed by atoms with Crippen LogP contribution in [0, 0.1) is 5.92 Å². The predicted molar refractivity (Wildman–Crippen MR) is 38.2 cm³/mol. The summed E-state index contributed by atoms with van der Waals surface area (Å²) >= 11 is 0. The maximum atomic E-state index is 8.82. The Hall–Kier alpha value is -0.300. The van der Waals surface area contributed by atoms with Crippen molar-refractivity contribution >= 4 is 0 Å². The van der Waals surface area contributed by atoms with Gasteiger partial charge in [0, 0.05) is 12.5 Å². The lowest BCUT2D eigenvalue weighted by Crippen LogP contribution is -2.01. The number of aliphatic hydroxyl groups is 1. The van der Waals surface area contributed by atoms with Gasteiger partial charge < -0.3 is 5.11 Å². The van der Waals surface area contributed by atoms with E-state index in [0.29, 0.717) is 12.5 Å². The van der Waals surface area contributed by atoms with E-state index < -0.39 is 0 Å². The van der Waals surface area contributed by atoms with Gasteiger partial charge in [-0.15, -0.1) is 0 Å². The molecule has 0 spiro atoms. The minimum absolute atomic E-state index is 0.336. The summed E-state index contributed by atoms with van der Waals surface area (Å²) in [5, 5.41) is 8.82. The van der Waals surface area contributed by atoms with Gasteiger partial charge in [0.1, 0.15) is 0 Å². The Morgan fingerprint density at radius 3 is 2.44 bits per heavy atom. The molecule has 0 aliphatic heterocycles. The Morgan fingerprint density at radius 2 is 2.22 bits per heavy atom. The summed E-state index contributed by atoms with van der Waals surface area (Å²) in [6.07, 6.45) is 2.35. The SMILES string of the molecule is CC1=C(C)C(CO)CC1. The first-order valence-corrected chi connectivity index (χ1v) is 3.52. The van der Waals surface area contributed by atoms with Gasteiger partial charge in [-0.2, -0.15) is 0 Å². The number of hydrogen-bond acceptors (Lipinski definition) is 1. The van der Waals surface area contributed by atoms with Crippen LogP contribution in [0.5, 0.6) is 0 Å². The third-order valence-corrected chi connectivity index (χ3v) is 2.37. The maximum Gasteiger partial charge on any atom is 0.0496 e. The molecule has 0 aromatic heterocycles. The number of aliphatic hydroxyl groups excluding tert-OH is 1. The van der Waals surface area contributed by atoms with E-state index in [2.05, 4.69) is 13.8 Å². The van der Waals surface area contributed by atoms with Crippen LogP contribution in [-0.4, -0.2) is 11.7 Å². The maximum absolute atomic E-state index is 8.82. The highest BCUT2D eigenvalue weighted by atomic mass is 16.3. The molecular formula is C8H14O. The lowest BCUT2D eigenvalue weighted by atomic mass is 10.0. The van der Waals surface area contributed by atoms with Gasteiger partial charge in [0.25, 0.3) is 0 Å². The van der Waals surface area contributed by atoms with E-state index in [9.17, 15) is 0 Å². The van der Waals surface area contributed by atoms with Crippen LogP contribution in [0.4, 0.5) is 0 Å². The van der Waals surface area contributed by atoms with Gasteiger partial charge >= 0.3 is 0 Å². The second-order valence-corrected chi connectivity index (χ2v) is 2.88. The largest absolute Gasteiger partial charge is 0.396 e. The molecule has 52 valence electrons. The first-order chi connectivity index (χ1) is 4.25. The van der Waals surface area contributed by atoms with Crippen molar-refractivity contribution in [3.63, 3.8) is 0 Å². The van der Waals surface area contributed by atoms with E-state index in [1.165, 1.54) is 17.6 Å². The zero-order valence-corrected chi connectivity index (χ0v) is 6.15. The highest BCUT2D eigenvalue weighted by Crippen LogP contribution is 2.30. The molecule has 0 saturated carbocycles. The minimum Gasteiger partial charge on any atom is -0.396 e. The molecule has 1 atom stereocenters. The normalized spacial score (nSPS) is 27.7. The molecule has 0 fully saturated rings. The number of allylic oxidation sites excluding steroid dienone is 1. The first kappa shape index (κ1) is 6.81. The van der Waals surface area contributed by atoms with Gasteiger partial charge in [-0.1, -0.05) is 11.1 Å². The Kier molecular flexibility index (Phi) is 1.91. The molecule has 0 aromatic carbocycles. The molecule has 0 radical (unpaired) electrons. The zero-order chi connectivity index (χ0) is 6.85. The van der Waals surface area contributed by atoms with Crippen LogP contribution in [0.3, 0.4) is 0 Å². The first-order valence-electron chi connectivity index (χ1n) is 3.52. The third-order valence-electron chi connectivity index (χ3n) is 2.37. The predicted octanol–water partition coefficient (Wildman–Crippen LogP) is 1.73. The lowest BCUT2D eigenvalue weighted by molar-refractivity contribution is 0.246. The highest BCUT2D eigenvalue weighted by molar-refractivity contribution is 5.18. The molecule has 1 heteroatoms. The highest BCUT2D eigenvalue weighted by Gasteiger charge is 2.17. The Bertz CT molecular complexity index is 136. The fraction of sp³-hybridized carbons (Fsp3) is 0.750. The molecule has 1 unspecified atom stereocenters. The molecule has 1 rings (SSSR count). The van der Waals surface area contributed by atoms with Gasteiger partial charge in [-0.3, -0.25) is 0 Å². The van der Waals surface area contributed by atoms with Crippen LogP contribution in [0.15, 0.2) is 11.1 Å². The molecule has 0 bridgehead atoms. The summed E-state index contributed by atoms with van der Waals surface area (Å²) < 4.78 is 0. The topological polar surface area (TPSA) is 20.2 Å². The Labute approximate surface area is 56.4 Å². The second kappa shape index (κ2) is 2.53. The standard InChI is InChI=1S/C8H14O/c1-6-3-4-8(5-9)7(6)2/h8-9H,3-5H2,1-2H3. The molecule has 1 N–H and O–H groups in total. The molecular weight excluding hydrogens is 112 g/mol. The summed E-state index contributed by atoms with van der Waals surface area (Å²) in [6, 6.07) is 0. The summed E-state index contributed by atoms with van der Waals surface area (Å²) in [7, 11) is 0. The fourth-order valence-corrected chi connectivity index (χ4v) is 1.38. The molecule has 0 saturated heterocycles. The van der Waals surface area contributed by atoms with Crippen molar-refractivity contribution in [2.45, 2.75) is 26.7 Å².